The van der Waals surface area contributed by atoms with Gasteiger partial charge in [0.1, 0.15) is 6.04 Å². The molecule has 0 spiro atoms. The van der Waals surface area contributed by atoms with E-state index >= 15 is 0 Å². The summed E-state index contributed by atoms with van der Waals surface area (Å²) in [6.45, 7) is 2.12. The van der Waals surface area contributed by atoms with E-state index in [2.05, 4.69) is 5.32 Å². The maximum atomic E-state index is 12.3. The molecule has 2 atom stereocenters. The number of carbonyl (C=O) groups is 4. The van der Waals surface area contributed by atoms with Crippen molar-refractivity contribution in [3.63, 3.8) is 0 Å². The number of carboxylic acid groups (broad SMARTS) is 1. The van der Waals surface area contributed by atoms with Crippen LogP contribution < -0.4 is 16.0 Å². The number of primary amides is 1. The fourth-order valence-corrected chi connectivity index (χ4v) is 2.69. The van der Waals surface area contributed by atoms with Gasteiger partial charge in [-0.25, -0.2) is 4.79 Å². The number of nitrogens with two attached hydrogens (primary N) is 1. The minimum atomic E-state index is -1.24. The van der Waals surface area contributed by atoms with Crippen molar-refractivity contribution in [3.05, 3.63) is 29.8 Å². The Morgan fingerprint density at radius 1 is 1.32 bits per heavy atom. The van der Waals surface area contributed by atoms with Gasteiger partial charge in [-0.05, 0) is 25.5 Å². The standard InChI is InChI=1S/C17H21N3O5/c1-10-2-4-12(5-3-10)20-9-11(8-15(20)22)16(23)19-13(17(24)25)6-7-14(18)21/h2-5,11,13H,6-9H2,1H3,(H2,18,21)(H,19,23)(H,24,25). The molecule has 4 N–H and O–H groups in total. The number of hydrogen-bond acceptors (Lipinski definition) is 4. The molecule has 1 aromatic carbocycles. The van der Waals surface area contributed by atoms with Crippen LogP contribution in [0.4, 0.5) is 5.69 Å². The number of rotatable bonds is 7. The maximum Gasteiger partial charge on any atom is 0.326 e. The summed E-state index contributed by atoms with van der Waals surface area (Å²) in [7, 11) is 0. The summed E-state index contributed by atoms with van der Waals surface area (Å²) >= 11 is 0. The highest BCUT2D eigenvalue weighted by atomic mass is 16.4. The van der Waals surface area contributed by atoms with E-state index in [1.807, 2.05) is 19.1 Å². The molecule has 134 valence electrons. The van der Waals surface area contributed by atoms with Gasteiger partial charge in [0.15, 0.2) is 0 Å². The summed E-state index contributed by atoms with van der Waals surface area (Å²) in [5.74, 6) is -3.21. The molecule has 0 aromatic heterocycles. The van der Waals surface area contributed by atoms with Gasteiger partial charge < -0.3 is 21.1 Å². The lowest BCUT2D eigenvalue weighted by molar-refractivity contribution is -0.142. The predicted molar refractivity (Wildman–Crippen MR) is 89.6 cm³/mol. The molecule has 1 aliphatic heterocycles. The van der Waals surface area contributed by atoms with Crippen molar-refractivity contribution < 1.29 is 24.3 Å². The van der Waals surface area contributed by atoms with E-state index in [9.17, 15) is 19.2 Å². The number of benzene rings is 1. The van der Waals surface area contributed by atoms with E-state index in [4.69, 9.17) is 10.8 Å². The molecule has 2 unspecified atom stereocenters. The molecule has 1 fully saturated rings. The molecule has 8 nitrogen and oxygen atoms in total. The second-order valence-corrected chi connectivity index (χ2v) is 6.15. The molecule has 0 aliphatic carbocycles. The van der Waals surface area contributed by atoms with Gasteiger partial charge in [-0.15, -0.1) is 0 Å². The summed E-state index contributed by atoms with van der Waals surface area (Å²) in [6, 6.07) is 6.16. The zero-order chi connectivity index (χ0) is 18.6. The molecular weight excluding hydrogens is 326 g/mol. The number of aliphatic carboxylic acids is 1. The Morgan fingerprint density at radius 2 is 1.96 bits per heavy atom. The number of amides is 3. The number of hydrogen-bond donors (Lipinski definition) is 3. The smallest absolute Gasteiger partial charge is 0.326 e. The third kappa shape index (κ3) is 4.79. The molecule has 0 radical (unpaired) electrons. The van der Waals surface area contributed by atoms with Gasteiger partial charge in [0.2, 0.25) is 17.7 Å². The van der Waals surface area contributed by atoms with Gasteiger partial charge in [-0.3, -0.25) is 14.4 Å². The number of aryl methyl sites for hydroxylation is 1. The van der Waals surface area contributed by atoms with Crippen molar-refractivity contribution >= 4 is 29.4 Å². The first-order chi connectivity index (χ1) is 11.8. The summed E-state index contributed by atoms with van der Waals surface area (Å²) in [6.07, 6.45) is -0.211. The van der Waals surface area contributed by atoms with Gasteiger partial charge in [0, 0.05) is 25.1 Å². The molecule has 8 heteroatoms. The number of nitrogens with one attached hydrogen (secondary N) is 1. The van der Waals surface area contributed by atoms with Gasteiger partial charge in [-0.1, -0.05) is 17.7 Å². The monoisotopic (exact) mass is 347 g/mol. The van der Waals surface area contributed by atoms with Crippen molar-refractivity contribution in [2.45, 2.75) is 32.2 Å². The Balaban J connectivity index is 2.00. The highest BCUT2D eigenvalue weighted by Crippen LogP contribution is 2.25. The lowest BCUT2D eigenvalue weighted by Gasteiger charge is -2.18. The summed E-state index contributed by atoms with van der Waals surface area (Å²) in [4.78, 5) is 48.0. The van der Waals surface area contributed by atoms with Gasteiger partial charge in [0.25, 0.3) is 0 Å². The SMILES string of the molecule is Cc1ccc(N2CC(C(=O)NC(CCC(N)=O)C(=O)O)CC2=O)cc1. The number of carboxylic acids is 1. The number of anilines is 1. The van der Waals surface area contributed by atoms with Gasteiger partial charge in [-0.2, -0.15) is 0 Å². The van der Waals surface area contributed by atoms with Crippen LogP contribution >= 0.6 is 0 Å². The highest BCUT2D eigenvalue weighted by Gasteiger charge is 2.36. The highest BCUT2D eigenvalue weighted by molar-refractivity contribution is 6.00. The van der Waals surface area contributed by atoms with Crippen LogP contribution in [0.5, 0.6) is 0 Å². The van der Waals surface area contributed by atoms with Crippen LogP contribution in [0.15, 0.2) is 24.3 Å². The van der Waals surface area contributed by atoms with Gasteiger partial charge >= 0.3 is 5.97 Å². The van der Waals surface area contributed by atoms with Crippen LogP contribution in [-0.2, 0) is 19.2 Å². The predicted octanol–water partition coefficient (Wildman–Crippen LogP) is 0.183. The van der Waals surface area contributed by atoms with Crippen LogP contribution in [0.2, 0.25) is 0 Å². The first-order valence-corrected chi connectivity index (χ1v) is 7.96. The van der Waals surface area contributed by atoms with Crippen molar-refractivity contribution in [3.8, 4) is 0 Å². The number of nitrogens with zero attached hydrogens (tertiary/aromatic N) is 1. The molecule has 1 aliphatic rings. The minimum absolute atomic E-state index is 0.0157. The van der Waals surface area contributed by atoms with E-state index in [0.717, 1.165) is 5.56 Å². The van der Waals surface area contributed by atoms with E-state index in [1.54, 1.807) is 12.1 Å². The van der Waals surface area contributed by atoms with E-state index in [-0.39, 0.29) is 31.7 Å². The Morgan fingerprint density at radius 3 is 2.52 bits per heavy atom. The second kappa shape index (κ2) is 7.78. The zero-order valence-electron chi connectivity index (χ0n) is 13.9. The lowest BCUT2D eigenvalue weighted by Crippen LogP contribution is -2.44. The largest absolute Gasteiger partial charge is 0.480 e. The quantitative estimate of drug-likeness (QED) is 0.648. The Hall–Kier alpha value is -2.90. The normalized spacial score (nSPS) is 18.0. The summed E-state index contributed by atoms with van der Waals surface area (Å²) in [5, 5.41) is 11.5. The lowest BCUT2D eigenvalue weighted by atomic mass is 10.1. The Labute approximate surface area is 145 Å². The third-order valence-corrected chi connectivity index (χ3v) is 4.14. The molecule has 0 bridgehead atoms. The fraction of sp³-hybridized carbons (Fsp3) is 0.412. The van der Waals surface area contributed by atoms with Crippen LogP contribution in [-0.4, -0.2) is 41.4 Å². The van der Waals surface area contributed by atoms with Crippen molar-refractivity contribution in [1.82, 2.24) is 5.32 Å². The average Bonchev–Trinajstić information content (AvgIpc) is 2.93. The molecule has 3 amide bonds. The van der Waals surface area contributed by atoms with E-state index < -0.39 is 29.7 Å². The molecule has 1 saturated heterocycles. The molecule has 0 saturated carbocycles. The van der Waals surface area contributed by atoms with Crippen LogP contribution in [0.25, 0.3) is 0 Å². The molecule has 2 rings (SSSR count). The van der Waals surface area contributed by atoms with E-state index in [0.29, 0.717) is 5.69 Å². The van der Waals surface area contributed by atoms with Crippen molar-refractivity contribution in [2.24, 2.45) is 11.7 Å². The topological polar surface area (TPSA) is 130 Å². The molecule has 1 aromatic rings. The summed E-state index contributed by atoms with van der Waals surface area (Å²) < 4.78 is 0. The second-order valence-electron chi connectivity index (χ2n) is 6.15. The molecule has 25 heavy (non-hydrogen) atoms. The van der Waals surface area contributed by atoms with Gasteiger partial charge in [0.05, 0.1) is 5.92 Å². The molecule has 1 heterocycles. The Bertz CT molecular complexity index is 686. The van der Waals surface area contributed by atoms with Crippen molar-refractivity contribution in [1.29, 1.82) is 0 Å². The molecular formula is C17H21N3O5. The number of carbonyl (C=O) groups excluding carboxylic acids is 3. The zero-order valence-corrected chi connectivity index (χ0v) is 13.9. The van der Waals surface area contributed by atoms with Crippen LogP contribution in [0, 0.1) is 12.8 Å². The first-order valence-electron chi connectivity index (χ1n) is 7.96. The average molecular weight is 347 g/mol. The maximum absolute atomic E-state index is 12.3. The van der Waals surface area contributed by atoms with Crippen LogP contribution in [0.1, 0.15) is 24.8 Å². The van der Waals surface area contributed by atoms with Crippen LogP contribution in [0.3, 0.4) is 0 Å². The van der Waals surface area contributed by atoms with Crippen molar-refractivity contribution in [2.75, 3.05) is 11.4 Å². The first kappa shape index (κ1) is 18.4. The third-order valence-electron chi connectivity index (χ3n) is 4.14. The minimum Gasteiger partial charge on any atom is -0.480 e. The fourth-order valence-electron chi connectivity index (χ4n) is 2.69. The van der Waals surface area contributed by atoms with E-state index in [1.165, 1.54) is 4.90 Å². The Kier molecular flexibility index (Phi) is 5.74. The summed E-state index contributed by atoms with van der Waals surface area (Å²) in [5.41, 5.74) is 6.77.